The van der Waals surface area contributed by atoms with Gasteiger partial charge >= 0.3 is 11.9 Å². The molecule has 0 aliphatic rings. The molecule has 0 saturated heterocycles. The lowest BCUT2D eigenvalue weighted by Gasteiger charge is -2.08. The second-order valence-corrected chi connectivity index (χ2v) is 7.91. The quantitative estimate of drug-likeness (QED) is 0.244. The van der Waals surface area contributed by atoms with Gasteiger partial charge in [0.1, 0.15) is 0 Å². The Morgan fingerprint density at radius 1 is 0.861 bits per heavy atom. The first-order valence-electron chi connectivity index (χ1n) is 10.6. The minimum absolute atomic E-state index is 0.00241. The number of H-pyrrole nitrogens is 1. The van der Waals surface area contributed by atoms with Gasteiger partial charge in [0.05, 0.1) is 27.1 Å². The first-order valence-corrected chi connectivity index (χ1v) is 10.6. The van der Waals surface area contributed by atoms with Crippen molar-refractivity contribution in [3.8, 4) is 5.69 Å². The number of hydrogen-bond donors (Lipinski definition) is 3. The van der Waals surface area contributed by atoms with Gasteiger partial charge in [0.2, 0.25) is 0 Å². The van der Waals surface area contributed by atoms with Gasteiger partial charge in [0.25, 0.3) is 11.2 Å². The van der Waals surface area contributed by atoms with E-state index in [0.29, 0.717) is 11.3 Å². The minimum atomic E-state index is -1.12. The number of nitrogens with zero attached hydrogens (tertiary/aromatic N) is 2. The number of carboxylic acids is 2. The normalized spacial score (nSPS) is 10.6. The van der Waals surface area contributed by atoms with Crippen molar-refractivity contribution in [2.45, 2.75) is 6.92 Å². The fourth-order valence-corrected chi connectivity index (χ4v) is 3.86. The maximum absolute atomic E-state index is 12.4. The Morgan fingerprint density at radius 2 is 1.47 bits per heavy atom. The monoisotopic (exact) mass is 485 g/mol. The van der Waals surface area contributed by atoms with Crippen LogP contribution in [0.2, 0.25) is 0 Å². The number of aryl methyl sites for hydroxylation is 1. The van der Waals surface area contributed by atoms with Crippen LogP contribution in [0.3, 0.4) is 0 Å². The van der Waals surface area contributed by atoms with Crippen LogP contribution in [-0.2, 0) is 0 Å². The van der Waals surface area contributed by atoms with Gasteiger partial charge in [-0.15, -0.1) is 0 Å². The molecule has 0 amide bonds. The summed E-state index contributed by atoms with van der Waals surface area (Å²) in [5.41, 5.74) is 3.56. The molecule has 180 valence electrons. The van der Waals surface area contributed by atoms with Gasteiger partial charge in [-0.3, -0.25) is 19.5 Å². The van der Waals surface area contributed by atoms with Crippen molar-refractivity contribution in [2.24, 2.45) is 0 Å². The summed E-state index contributed by atoms with van der Waals surface area (Å²) in [4.78, 5) is 47.1. The fraction of sp³-hybridized carbons (Fsp3) is 0.0385. The average molecular weight is 485 g/mol. The topological polar surface area (TPSA) is 156 Å². The van der Waals surface area contributed by atoms with Crippen LogP contribution in [0.25, 0.3) is 27.6 Å². The Morgan fingerprint density at radius 3 is 2.06 bits per heavy atom. The third kappa shape index (κ3) is 4.68. The number of nitro benzene ring substituents is 1. The predicted molar refractivity (Wildman–Crippen MR) is 133 cm³/mol. The highest BCUT2D eigenvalue weighted by Crippen LogP contribution is 2.26. The third-order valence-electron chi connectivity index (χ3n) is 5.43. The van der Waals surface area contributed by atoms with Gasteiger partial charge in [-0.25, -0.2) is 9.59 Å². The first-order chi connectivity index (χ1) is 17.2. The van der Waals surface area contributed by atoms with E-state index in [1.807, 2.05) is 24.3 Å². The van der Waals surface area contributed by atoms with E-state index < -0.39 is 16.9 Å². The maximum atomic E-state index is 12.4. The molecule has 0 unspecified atom stereocenters. The Hall–Kier alpha value is -5.25. The molecular formula is C26H19N3O7. The van der Waals surface area contributed by atoms with Crippen molar-refractivity contribution in [3.05, 3.63) is 116 Å². The molecule has 0 aliphatic carbocycles. The number of aromatic amines is 1. The largest absolute Gasteiger partial charge is 0.478 e. The van der Waals surface area contributed by atoms with Crippen LogP contribution >= 0.6 is 0 Å². The zero-order chi connectivity index (χ0) is 26.0. The smallest absolute Gasteiger partial charge is 0.335 e. The molecule has 0 saturated carbocycles. The van der Waals surface area contributed by atoms with E-state index in [1.54, 1.807) is 29.7 Å². The number of fused-ring (bicyclic) bond motifs is 3. The van der Waals surface area contributed by atoms with Gasteiger partial charge in [-0.05, 0) is 55.0 Å². The number of rotatable bonds is 4. The number of nitro groups is 1. The molecule has 0 bridgehead atoms. The number of nitrogens with one attached hydrogen (secondary N) is 1. The van der Waals surface area contributed by atoms with Crippen LogP contribution in [0.4, 0.5) is 5.69 Å². The third-order valence-corrected chi connectivity index (χ3v) is 5.43. The van der Waals surface area contributed by atoms with Crippen LogP contribution in [0.5, 0.6) is 0 Å². The number of non-ortho nitro benzene ring substituents is 1. The van der Waals surface area contributed by atoms with E-state index in [0.717, 1.165) is 28.0 Å². The van der Waals surface area contributed by atoms with Crippen LogP contribution in [-0.4, -0.2) is 36.6 Å². The van der Waals surface area contributed by atoms with Crippen LogP contribution in [0.15, 0.2) is 83.7 Å². The minimum Gasteiger partial charge on any atom is -0.478 e. The number of carbonyl (C=O) groups is 2. The Labute approximate surface area is 202 Å². The number of pyridine rings is 1. The number of benzene rings is 3. The summed E-state index contributed by atoms with van der Waals surface area (Å²) in [5.74, 6) is -2.24. The molecule has 5 rings (SSSR count). The van der Waals surface area contributed by atoms with Crippen molar-refractivity contribution < 1.29 is 24.7 Å². The van der Waals surface area contributed by atoms with Crippen molar-refractivity contribution in [2.75, 3.05) is 0 Å². The highest BCUT2D eigenvalue weighted by Gasteiger charge is 2.13. The lowest BCUT2D eigenvalue weighted by molar-refractivity contribution is -0.384. The summed E-state index contributed by atoms with van der Waals surface area (Å²) < 4.78 is 1.57. The number of hydrogen-bond acceptors (Lipinski definition) is 5. The Balaban J connectivity index is 0.000000200. The summed E-state index contributed by atoms with van der Waals surface area (Å²) in [6.45, 7) is 1.65. The summed E-state index contributed by atoms with van der Waals surface area (Å²) in [6, 6.07) is 20.9. The zero-order valence-corrected chi connectivity index (χ0v) is 18.8. The zero-order valence-electron chi connectivity index (χ0n) is 18.8. The molecule has 2 heterocycles. The molecule has 5 aromatic rings. The summed E-state index contributed by atoms with van der Waals surface area (Å²) in [5, 5.41) is 29.0. The molecular weight excluding hydrogens is 466 g/mol. The van der Waals surface area contributed by atoms with E-state index in [9.17, 15) is 24.5 Å². The summed E-state index contributed by atoms with van der Waals surface area (Å²) in [6.07, 6.45) is 0. The van der Waals surface area contributed by atoms with E-state index in [-0.39, 0.29) is 22.4 Å². The second kappa shape index (κ2) is 9.55. The van der Waals surface area contributed by atoms with Gasteiger partial charge in [0.15, 0.2) is 0 Å². The van der Waals surface area contributed by atoms with E-state index in [2.05, 4.69) is 4.98 Å². The molecule has 0 fully saturated rings. The van der Waals surface area contributed by atoms with E-state index in [4.69, 9.17) is 10.2 Å². The molecule has 0 atom stereocenters. The predicted octanol–water partition coefficient (Wildman–Crippen LogP) is 4.77. The van der Waals surface area contributed by atoms with Gasteiger partial charge in [-0.2, -0.15) is 0 Å². The molecule has 3 aromatic carbocycles. The van der Waals surface area contributed by atoms with Crippen LogP contribution in [0.1, 0.15) is 26.3 Å². The molecule has 0 spiro atoms. The summed E-state index contributed by atoms with van der Waals surface area (Å²) in [7, 11) is 0. The molecule has 10 nitrogen and oxygen atoms in total. The highest BCUT2D eigenvalue weighted by molar-refractivity contribution is 6.05. The fourth-order valence-electron chi connectivity index (χ4n) is 3.86. The Kier molecular flexibility index (Phi) is 6.34. The van der Waals surface area contributed by atoms with Gasteiger partial charge in [0, 0.05) is 34.8 Å². The highest BCUT2D eigenvalue weighted by atomic mass is 16.6. The van der Waals surface area contributed by atoms with Crippen molar-refractivity contribution in [3.63, 3.8) is 0 Å². The lowest BCUT2D eigenvalue weighted by Crippen LogP contribution is -2.16. The summed E-state index contributed by atoms with van der Waals surface area (Å²) >= 11 is 0. The molecule has 0 aliphatic heterocycles. The second-order valence-electron chi connectivity index (χ2n) is 7.91. The van der Waals surface area contributed by atoms with Gasteiger partial charge in [-0.1, -0.05) is 18.2 Å². The van der Waals surface area contributed by atoms with Crippen molar-refractivity contribution in [1.82, 2.24) is 9.55 Å². The number of carboxylic acid groups (broad SMARTS) is 2. The van der Waals surface area contributed by atoms with Crippen molar-refractivity contribution in [1.29, 1.82) is 0 Å². The lowest BCUT2D eigenvalue weighted by atomic mass is 10.1. The number of aromatic nitrogens is 2. The van der Waals surface area contributed by atoms with Crippen molar-refractivity contribution >= 4 is 39.6 Å². The number of aromatic carboxylic acids is 2. The standard InChI is InChI=1S/C17H11N3O3.C9H8O4/c21-16-10-9-15-17(13-3-1-2-4-14(13)18-15)19(16)11-5-7-12(8-6-11)20(22)23;1-5-2-6(8(10)11)4-7(3-5)9(12)13/h1-10,18H;2-4H,1H3,(H,10,11)(H,12,13). The van der Waals surface area contributed by atoms with Crippen LogP contribution in [0, 0.1) is 17.0 Å². The molecule has 0 radical (unpaired) electrons. The molecule has 10 heteroatoms. The molecule has 36 heavy (non-hydrogen) atoms. The Bertz CT molecular complexity index is 1670. The van der Waals surface area contributed by atoms with E-state index in [1.165, 1.54) is 30.3 Å². The average Bonchev–Trinajstić information content (AvgIpc) is 3.23. The number of para-hydroxylation sites is 1. The first kappa shape index (κ1) is 23.9. The SMILES string of the molecule is Cc1cc(C(=O)O)cc(C(=O)O)c1.O=c1ccc2[nH]c3ccccc3c2n1-c1ccc([N+](=O)[O-])cc1. The molecule has 2 aromatic heterocycles. The van der Waals surface area contributed by atoms with Gasteiger partial charge < -0.3 is 15.2 Å². The van der Waals surface area contributed by atoms with E-state index >= 15 is 0 Å². The van der Waals surface area contributed by atoms with Crippen LogP contribution < -0.4 is 5.56 Å². The maximum Gasteiger partial charge on any atom is 0.335 e. The molecule has 3 N–H and O–H groups in total.